The van der Waals surface area contributed by atoms with Crippen LogP contribution in [-0.4, -0.2) is 23.2 Å². The van der Waals surface area contributed by atoms with Crippen LogP contribution in [-0.2, 0) is 16.6 Å². The summed E-state index contributed by atoms with van der Waals surface area (Å²) in [7, 11) is -3.96. The molecule has 3 aromatic rings. The standard InChI is InChI=1S/C20H21FN4O2S/c21-18-7-3-4-8-20(18)28(26,27)23-14-16-13-19(15-9-11-22-12-10-15)25(24-16)17-5-1-2-6-17/h3-4,7-13,17,23H,1-2,5-6,14H2. The number of pyridine rings is 1. The monoisotopic (exact) mass is 400 g/mol. The molecule has 2 heterocycles. The summed E-state index contributed by atoms with van der Waals surface area (Å²) in [5.41, 5.74) is 2.52. The Hall–Kier alpha value is -2.58. The topological polar surface area (TPSA) is 76.9 Å². The summed E-state index contributed by atoms with van der Waals surface area (Å²) in [6, 6.07) is 11.3. The van der Waals surface area contributed by atoms with E-state index >= 15 is 0 Å². The molecule has 6 nitrogen and oxygen atoms in total. The molecule has 1 saturated carbocycles. The van der Waals surface area contributed by atoms with Gasteiger partial charge in [-0.3, -0.25) is 9.67 Å². The molecule has 8 heteroatoms. The zero-order chi connectivity index (χ0) is 19.6. The number of hydrogen-bond acceptors (Lipinski definition) is 4. The highest BCUT2D eigenvalue weighted by Gasteiger charge is 2.23. The van der Waals surface area contributed by atoms with Crippen LogP contribution >= 0.6 is 0 Å². The molecule has 1 fully saturated rings. The summed E-state index contributed by atoms with van der Waals surface area (Å²) in [4.78, 5) is 3.70. The van der Waals surface area contributed by atoms with Gasteiger partial charge in [0.15, 0.2) is 0 Å². The molecule has 1 aromatic carbocycles. The first-order valence-corrected chi connectivity index (χ1v) is 10.8. The third-order valence-electron chi connectivity index (χ3n) is 5.00. The zero-order valence-corrected chi connectivity index (χ0v) is 16.1. The summed E-state index contributed by atoms with van der Waals surface area (Å²) in [6.07, 6.45) is 7.88. The summed E-state index contributed by atoms with van der Waals surface area (Å²) < 4.78 is 43.2. The summed E-state index contributed by atoms with van der Waals surface area (Å²) >= 11 is 0. The lowest BCUT2D eigenvalue weighted by Crippen LogP contribution is -2.24. The van der Waals surface area contributed by atoms with Crippen molar-refractivity contribution in [1.29, 1.82) is 0 Å². The molecular weight excluding hydrogens is 379 g/mol. The minimum Gasteiger partial charge on any atom is -0.265 e. The highest BCUT2D eigenvalue weighted by atomic mass is 32.2. The van der Waals surface area contributed by atoms with Gasteiger partial charge in [0.25, 0.3) is 0 Å². The van der Waals surface area contributed by atoms with Crippen molar-refractivity contribution in [3.05, 3.63) is 66.4 Å². The average molecular weight is 400 g/mol. The van der Waals surface area contributed by atoms with E-state index in [1.807, 2.05) is 22.9 Å². The Morgan fingerprint density at radius 2 is 1.82 bits per heavy atom. The van der Waals surface area contributed by atoms with Crippen molar-refractivity contribution >= 4 is 10.0 Å². The molecule has 4 rings (SSSR count). The van der Waals surface area contributed by atoms with Gasteiger partial charge >= 0.3 is 0 Å². The second kappa shape index (κ2) is 7.81. The van der Waals surface area contributed by atoms with Crippen LogP contribution in [0.3, 0.4) is 0 Å². The molecule has 2 aromatic heterocycles. The van der Waals surface area contributed by atoms with Crippen molar-refractivity contribution < 1.29 is 12.8 Å². The van der Waals surface area contributed by atoms with E-state index in [0.29, 0.717) is 11.7 Å². The third-order valence-corrected chi connectivity index (χ3v) is 6.44. The fourth-order valence-electron chi connectivity index (χ4n) is 3.61. The minimum absolute atomic E-state index is 0.00548. The third kappa shape index (κ3) is 3.83. The second-order valence-electron chi connectivity index (χ2n) is 6.89. The van der Waals surface area contributed by atoms with Gasteiger partial charge in [-0.05, 0) is 43.2 Å². The van der Waals surface area contributed by atoms with Gasteiger partial charge in [-0.2, -0.15) is 5.10 Å². The summed E-state index contributed by atoms with van der Waals surface area (Å²) in [5, 5.41) is 4.66. The van der Waals surface area contributed by atoms with E-state index in [0.717, 1.165) is 43.0 Å². The molecule has 28 heavy (non-hydrogen) atoms. The van der Waals surface area contributed by atoms with Gasteiger partial charge in [-0.1, -0.05) is 25.0 Å². The summed E-state index contributed by atoms with van der Waals surface area (Å²) in [5.74, 6) is -0.774. The van der Waals surface area contributed by atoms with E-state index in [-0.39, 0.29) is 11.4 Å². The van der Waals surface area contributed by atoms with Gasteiger partial charge in [-0.25, -0.2) is 17.5 Å². The van der Waals surface area contributed by atoms with Crippen LogP contribution in [0.15, 0.2) is 59.8 Å². The predicted molar refractivity (Wildman–Crippen MR) is 103 cm³/mol. The van der Waals surface area contributed by atoms with Gasteiger partial charge < -0.3 is 0 Å². The Labute approximate surface area is 163 Å². The number of nitrogens with zero attached hydrogens (tertiary/aromatic N) is 3. The Bertz CT molecular complexity index is 1060. The van der Waals surface area contributed by atoms with Crippen molar-refractivity contribution in [2.24, 2.45) is 0 Å². The molecule has 0 saturated heterocycles. The number of aromatic nitrogens is 3. The van der Waals surface area contributed by atoms with Crippen LogP contribution in [0.1, 0.15) is 37.4 Å². The highest BCUT2D eigenvalue weighted by molar-refractivity contribution is 7.89. The lowest BCUT2D eigenvalue weighted by atomic mass is 10.1. The maximum Gasteiger partial charge on any atom is 0.243 e. The van der Waals surface area contributed by atoms with Crippen LogP contribution < -0.4 is 4.72 Å². The van der Waals surface area contributed by atoms with E-state index in [2.05, 4.69) is 14.8 Å². The number of hydrogen-bond donors (Lipinski definition) is 1. The molecule has 0 bridgehead atoms. The van der Waals surface area contributed by atoms with Crippen molar-refractivity contribution in [1.82, 2.24) is 19.5 Å². The van der Waals surface area contributed by atoms with Crippen molar-refractivity contribution in [2.45, 2.75) is 43.2 Å². The number of nitrogens with one attached hydrogen (secondary N) is 1. The van der Waals surface area contributed by atoms with Gasteiger partial charge in [0.2, 0.25) is 10.0 Å². The lowest BCUT2D eigenvalue weighted by molar-refractivity contribution is 0.467. The van der Waals surface area contributed by atoms with Crippen LogP contribution in [0.4, 0.5) is 4.39 Å². The van der Waals surface area contributed by atoms with Crippen LogP contribution in [0.2, 0.25) is 0 Å². The first-order valence-electron chi connectivity index (χ1n) is 9.27. The normalized spacial score (nSPS) is 15.2. The molecule has 1 aliphatic carbocycles. The molecule has 1 N–H and O–H groups in total. The van der Waals surface area contributed by atoms with E-state index in [4.69, 9.17) is 0 Å². The number of sulfonamides is 1. The Morgan fingerprint density at radius 3 is 2.54 bits per heavy atom. The molecule has 0 radical (unpaired) electrons. The quantitative estimate of drug-likeness (QED) is 0.685. The number of benzene rings is 1. The highest BCUT2D eigenvalue weighted by Crippen LogP contribution is 2.33. The molecule has 1 aliphatic rings. The number of rotatable bonds is 6. The van der Waals surface area contributed by atoms with Crippen molar-refractivity contribution in [3.63, 3.8) is 0 Å². The van der Waals surface area contributed by atoms with Gasteiger partial charge in [-0.15, -0.1) is 0 Å². The molecule has 0 aliphatic heterocycles. The van der Waals surface area contributed by atoms with Crippen molar-refractivity contribution in [2.75, 3.05) is 0 Å². The van der Waals surface area contributed by atoms with E-state index in [1.165, 1.54) is 18.2 Å². The summed E-state index contributed by atoms with van der Waals surface area (Å²) in [6.45, 7) is -0.00548. The molecule has 146 valence electrons. The fraction of sp³-hybridized carbons (Fsp3) is 0.300. The van der Waals surface area contributed by atoms with Crippen LogP contribution in [0.25, 0.3) is 11.3 Å². The molecule has 0 spiro atoms. The maximum atomic E-state index is 13.9. The second-order valence-corrected chi connectivity index (χ2v) is 8.63. The fourth-order valence-corrected chi connectivity index (χ4v) is 4.68. The zero-order valence-electron chi connectivity index (χ0n) is 15.3. The van der Waals surface area contributed by atoms with Crippen LogP contribution in [0.5, 0.6) is 0 Å². The smallest absolute Gasteiger partial charge is 0.243 e. The Kier molecular flexibility index (Phi) is 5.23. The first kappa shape index (κ1) is 18.8. The lowest BCUT2D eigenvalue weighted by Gasteiger charge is -2.14. The maximum absolute atomic E-state index is 13.9. The SMILES string of the molecule is O=S(=O)(NCc1cc(-c2ccncc2)n(C2CCCC2)n1)c1ccccc1F. The molecular formula is C20H21FN4O2S. The number of halogens is 1. The largest absolute Gasteiger partial charge is 0.265 e. The Morgan fingerprint density at radius 1 is 1.11 bits per heavy atom. The van der Waals surface area contributed by atoms with Gasteiger partial charge in [0, 0.05) is 18.0 Å². The van der Waals surface area contributed by atoms with E-state index in [9.17, 15) is 12.8 Å². The molecule has 0 amide bonds. The van der Waals surface area contributed by atoms with Crippen LogP contribution in [0, 0.1) is 5.82 Å². The molecule has 0 atom stereocenters. The average Bonchev–Trinajstić information content (AvgIpc) is 3.37. The minimum atomic E-state index is -3.96. The van der Waals surface area contributed by atoms with Gasteiger partial charge in [0.1, 0.15) is 10.7 Å². The molecule has 0 unspecified atom stereocenters. The predicted octanol–water partition coefficient (Wildman–Crippen LogP) is 3.68. The Balaban J connectivity index is 1.61. The van der Waals surface area contributed by atoms with Crippen molar-refractivity contribution in [3.8, 4) is 11.3 Å². The first-order chi connectivity index (χ1) is 13.5. The van der Waals surface area contributed by atoms with E-state index in [1.54, 1.807) is 12.4 Å². The van der Waals surface area contributed by atoms with Gasteiger partial charge in [0.05, 0.1) is 24.0 Å². The van der Waals surface area contributed by atoms with E-state index < -0.39 is 15.8 Å².